The molecular weight excluding hydrogens is 274 g/mol. The molecule has 0 amide bonds. The number of benzene rings is 1. The Morgan fingerprint density at radius 2 is 1.80 bits per heavy atom. The summed E-state index contributed by atoms with van der Waals surface area (Å²) >= 11 is 0. The van der Waals surface area contributed by atoms with Gasteiger partial charge in [0.2, 0.25) is 10.0 Å². The molecule has 0 unspecified atom stereocenters. The highest BCUT2D eigenvalue weighted by atomic mass is 32.2. The lowest BCUT2D eigenvalue weighted by atomic mass is 9.81. The molecule has 20 heavy (non-hydrogen) atoms. The number of hydrogen-bond donors (Lipinski definition) is 1. The van der Waals surface area contributed by atoms with Crippen LogP contribution in [0.2, 0.25) is 0 Å². The van der Waals surface area contributed by atoms with E-state index in [-0.39, 0.29) is 5.41 Å². The standard InChI is InChI=1S/C15H23NO3S/c1-11-5-7-13(8-6-11)20(18,19)16-10-15(3,4)9-14(17)12(16)2/h5-8,12,14,17H,9-10H2,1-4H3/t12-,14+/m1/s1. The zero-order valence-corrected chi connectivity index (χ0v) is 13.3. The van der Waals surface area contributed by atoms with Crippen molar-refractivity contribution in [3.63, 3.8) is 0 Å². The summed E-state index contributed by atoms with van der Waals surface area (Å²) in [4.78, 5) is 0.292. The topological polar surface area (TPSA) is 57.6 Å². The van der Waals surface area contributed by atoms with Gasteiger partial charge in [0.1, 0.15) is 0 Å². The molecule has 2 atom stereocenters. The van der Waals surface area contributed by atoms with Crippen molar-refractivity contribution in [1.82, 2.24) is 4.31 Å². The summed E-state index contributed by atoms with van der Waals surface area (Å²) in [7, 11) is -3.56. The Morgan fingerprint density at radius 3 is 2.35 bits per heavy atom. The minimum absolute atomic E-state index is 0.219. The van der Waals surface area contributed by atoms with E-state index in [9.17, 15) is 13.5 Å². The molecule has 5 heteroatoms. The molecule has 1 aromatic carbocycles. The van der Waals surface area contributed by atoms with Gasteiger partial charge < -0.3 is 5.11 Å². The number of rotatable bonds is 2. The lowest BCUT2D eigenvalue weighted by Gasteiger charge is -2.44. The minimum atomic E-state index is -3.56. The summed E-state index contributed by atoms with van der Waals surface area (Å²) < 4.78 is 27.0. The largest absolute Gasteiger partial charge is 0.391 e. The number of sulfonamides is 1. The molecule has 0 bridgehead atoms. The van der Waals surface area contributed by atoms with Crippen molar-refractivity contribution in [2.45, 2.75) is 51.2 Å². The molecular formula is C15H23NO3S. The van der Waals surface area contributed by atoms with E-state index >= 15 is 0 Å². The molecule has 0 radical (unpaired) electrons. The van der Waals surface area contributed by atoms with E-state index in [2.05, 4.69) is 0 Å². The number of aliphatic hydroxyl groups is 1. The smallest absolute Gasteiger partial charge is 0.243 e. The average Bonchev–Trinajstić information content (AvgIpc) is 2.33. The normalized spacial score (nSPS) is 27.4. The summed E-state index contributed by atoms with van der Waals surface area (Å²) in [6, 6.07) is 6.46. The SMILES string of the molecule is Cc1ccc(S(=O)(=O)N2CC(C)(C)C[C@H](O)[C@H]2C)cc1. The van der Waals surface area contributed by atoms with E-state index in [4.69, 9.17) is 0 Å². The number of piperidine rings is 1. The van der Waals surface area contributed by atoms with Gasteiger partial charge >= 0.3 is 0 Å². The Morgan fingerprint density at radius 1 is 1.25 bits per heavy atom. The fraction of sp³-hybridized carbons (Fsp3) is 0.600. The molecule has 0 saturated carbocycles. The van der Waals surface area contributed by atoms with Crippen LogP contribution in [0.1, 0.15) is 32.8 Å². The Labute approximate surface area is 121 Å². The van der Waals surface area contributed by atoms with Gasteiger partial charge in [-0.25, -0.2) is 8.42 Å². The van der Waals surface area contributed by atoms with Crippen LogP contribution in [0, 0.1) is 12.3 Å². The summed E-state index contributed by atoms with van der Waals surface area (Å²) in [6.07, 6.45) is -0.00682. The van der Waals surface area contributed by atoms with Crippen LogP contribution >= 0.6 is 0 Å². The van der Waals surface area contributed by atoms with Gasteiger partial charge in [-0.1, -0.05) is 31.5 Å². The summed E-state index contributed by atoms with van der Waals surface area (Å²) in [6.45, 7) is 8.10. The van der Waals surface area contributed by atoms with Crippen molar-refractivity contribution in [3.8, 4) is 0 Å². The second-order valence-electron chi connectivity index (χ2n) is 6.54. The minimum Gasteiger partial charge on any atom is -0.391 e. The molecule has 1 fully saturated rings. The summed E-state index contributed by atoms with van der Waals surface area (Å²) in [5.74, 6) is 0. The fourth-order valence-electron chi connectivity index (χ4n) is 2.71. The zero-order valence-electron chi connectivity index (χ0n) is 12.5. The van der Waals surface area contributed by atoms with E-state index in [1.165, 1.54) is 4.31 Å². The van der Waals surface area contributed by atoms with Crippen LogP contribution in [-0.4, -0.2) is 36.5 Å². The first-order valence-corrected chi connectivity index (χ1v) is 8.34. The molecule has 1 heterocycles. The predicted octanol–water partition coefficient (Wildman–Crippen LogP) is 2.17. The molecule has 1 aromatic rings. The first-order valence-electron chi connectivity index (χ1n) is 6.90. The van der Waals surface area contributed by atoms with Gasteiger partial charge in [-0.05, 0) is 37.8 Å². The van der Waals surface area contributed by atoms with Crippen LogP contribution in [0.25, 0.3) is 0 Å². The van der Waals surface area contributed by atoms with Crippen molar-refractivity contribution < 1.29 is 13.5 Å². The third kappa shape index (κ3) is 2.90. The first-order chi connectivity index (χ1) is 9.13. The molecule has 2 rings (SSSR count). The van der Waals surface area contributed by atoms with Gasteiger partial charge in [0.15, 0.2) is 0 Å². The van der Waals surface area contributed by atoms with Crippen molar-refractivity contribution in [1.29, 1.82) is 0 Å². The lowest BCUT2D eigenvalue weighted by Crippen LogP contribution is -2.55. The Balaban J connectivity index is 2.39. The maximum Gasteiger partial charge on any atom is 0.243 e. The Kier molecular flexibility index (Phi) is 3.97. The molecule has 1 aliphatic heterocycles. The van der Waals surface area contributed by atoms with E-state index in [0.29, 0.717) is 17.9 Å². The van der Waals surface area contributed by atoms with Crippen LogP contribution in [0.3, 0.4) is 0 Å². The predicted molar refractivity (Wildman–Crippen MR) is 78.9 cm³/mol. The second kappa shape index (κ2) is 5.13. The first kappa shape index (κ1) is 15.5. The Bertz CT molecular complexity index is 578. The third-order valence-electron chi connectivity index (χ3n) is 3.98. The molecule has 112 valence electrons. The highest BCUT2D eigenvalue weighted by Crippen LogP contribution is 2.35. The van der Waals surface area contributed by atoms with Crippen molar-refractivity contribution in [2.24, 2.45) is 5.41 Å². The van der Waals surface area contributed by atoms with Gasteiger partial charge in [-0.2, -0.15) is 4.31 Å². The van der Waals surface area contributed by atoms with E-state index < -0.39 is 22.2 Å². The van der Waals surface area contributed by atoms with Crippen LogP contribution < -0.4 is 0 Å². The van der Waals surface area contributed by atoms with E-state index in [1.54, 1.807) is 31.2 Å². The van der Waals surface area contributed by atoms with E-state index in [1.807, 2.05) is 20.8 Å². The van der Waals surface area contributed by atoms with Crippen molar-refractivity contribution in [2.75, 3.05) is 6.54 Å². The summed E-state index contributed by atoms with van der Waals surface area (Å²) in [5, 5.41) is 10.1. The van der Waals surface area contributed by atoms with E-state index in [0.717, 1.165) is 5.56 Å². The number of aliphatic hydroxyl groups excluding tert-OH is 1. The quantitative estimate of drug-likeness (QED) is 0.910. The molecule has 0 spiro atoms. The summed E-state index contributed by atoms with van der Waals surface area (Å²) in [5.41, 5.74) is 0.806. The van der Waals surface area contributed by atoms with Crippen molar-refractivity contribution >= 4 is 10.0 Å². The molecule has 1 N–H and O–H groups in total. The van der Waals surface area contributed by atoms with Crippen LogP contribution in [0.4, 0.5) is 0 Å². The van der Waals surface area contributed by atoms with Crippen molar-refractivity contribution in [3.05, 3.63) is 29.8 Å². The number of nitrogens with zero attached hydrogens (tertiary/aromatic N) is 1. The highest BCUT2D eigenvalue weighted by Gasteiger charge is 2.42. The van der Waals surface area contributed by atoms with Crippen LogP contribution in [0.15, 0.2) is 29.2 Å². The monoisotopic (exact) mass is 297 g/mol. The maximum atomic E-state index is 12.8. The zero-order chi connectivity index (χ0) is 15.1. The number of hydrogen-bond acceptors (Lipinski definition) is 3. The second-order valence-corrected chi connectivity index (χ2v) is 8.43. The fourth-order valence-corrected chi connectivity index (χ4v) is 4.56. The van der Waals surface area contributed by atoms with Gasteiger partial charge in [0.05, 0.1) is 11.0 Å². The maximum absolute atomic E-state index is 12.8. The molecule has 0 aliphatic carbocycles. The van der Waals surface area contributed by atoms with Crippen LogP contribution in [-0.2, 0) is 10.0 Å². The number of aryl methyl sites for hydroxylation is 1. The van der Waals surface area contributed by atoms with Gasteiger partial charge in [0, 0.05) is 12.6 Å². The highest BCUT2D eigenvalue weighted by molar-refractivity contribution is 7.89. The van der Waals surface area contributed by atoms with Gasteiger partial charge in [-0.15, -0.1) is 0 Å². The lowest BCUT2D eigenvalue weighted by molar-refractivity contribution is 0.00322. The molecule has 4 nitrogen and oxygen atoms in total. The van der Waals surface area contributed by atoms with Crippen LogP contribution in [0.5, 0.6) is 0 Å². The average molecular weight is 297 g/mol. The molecule has 1 aliphatic rings. The third-order valence-corrected chi connectivity index (χ3v) is 5.93. The van der Waals surface area contributed by atoms with Gasteiger partial charge in [-0.3, -0.25) is 0 Å². The molecule has 1 saturated heterocycles. The molecule has 0 aromatic heterocycles. The Hall–Kier alpha value is -0.910. The van der Waals surface area contributed by atoms with Gasteiger partial charge in [0.25, 0.3) is 0 Å².